The van der Waals surface area contributed by atoms with E-state index in [9.17, 15) is 8.42 Å². The Morgan fingerprint density at radius 1 is 1.32 bits per heavy atom. The van der Waals surface area contributed by atoms with Gasteiger partial charge in [0.25, 0.3) is 0 Å². The van der Waals surface area contributed by atoms with Crippen molar-refractivity contribution in [1.29, 1.82) is 0 Å². The summed E-state index contributed by atoms with van der Waals surface area (Å²) in [4.78, 5) is 0.313. The van der Waals surface area contributed by atoms with E-state index in [4.69, 9.17) is 5.11 Å². The van der Waals surface area contributed by atoms with Crippen LogP contribution in [0.2, 0.25) is 0 Å². The Labute approximate surface area is 114 Å². The van der Waals surface area contributed by atoms with Gasteiger partial charge < -0.3 is 5.11 Å². The molecule has 0 radical (unpaired) electrons. The molecule has 106 valence electrons. The van der Waals surface area contributed by atoms with Gasteiger partial charge in [0.2, 0.25) is 10.0 Å². The number of hydrogen-bond acceptors (Lipinski definition) is 3. The average molecular weight is 283 g/mol. The van der Waals surface area contributed by atoms with Crippen molar-refractivity contribution in [2.24, 2.45) is 0 Å². The van der Waals surface area contributed by atoms with Crippen molar-refractivity contribution in [1.82, 2.24) is 4.72 Å². The molecule has 2 N–H and O–H groups in total. The van der Waals surface area contributed by atoms with Crippen LogP contribution in [0.1, 0.15) is 43.7 Å². The summed E-state index contributed by atoms with van der Waals surface area (Å²) < 4.78 is 27.7. The first-order valence-corrected chi connectivity index (χ1v) is 8.30. The van der Waals surface area contributed by atoms with Crippen LogP contribution >= 0.6 is 0 Å². The molecule has 1 aromatic carbocycles. The lowest BCUT2D eigenvalue weighted by molar-refractivity contribution is 0.281. The van der Waals surface area contributed by atoms with Gasteiger partial charge in [0.15, 0.2) is 0 Å². The molecule has 1 aliphatic rings. The Bertz CT molecular complexity index is 534. The lowest BCUT2D eigenvalue weighted by atomic mass is 10.1. The van der Waals surface area contributed by atoms with E-state index in [0.29, 0.717) is 16.9 Å². The largest absolute Gasteiger partial charge is 0.392 e. The second-order valence-corrected chi connectivity index (χ2v) is 6.74. The van der Waals surface area contributed by atoms with E-state index in [-0.39, 0.29) is 12.6 Å². The standard InChI is InChI=1S/C14H21NO3S/c1-2-12-8-7-11(10-16)9-14(12)19(17,18)15-13-5-3-4-6-13/h7-9,13,15-16H,2-6,10H2,1H3. The minimum Gasteiger partial charge on any atom is -0.392 e. The molecule has 1 aromatic rings. The van der Waals surface area contributed by atoms with E-state index in [0.717, 1.165) is 31.2 Å². The summed E-state index contributed by atoms with van der Waals surface area (Å²) in [5, 5.41) is 9.16. The maximum atomic E-state index is 12.4. The molecule has 0 heterocycles. The molecule has 0 saturated heterocycles. The molecule has 0 spiro atoms. The number of aliphatic hydroxyl groups is 1. The highest BCUT2D eigenvalue weighted by atomic mass is 32.2. The van der Waals surface area contributed by atoms with Gasteiger partial charge >= 0.3 is 0 Å². The number of nitrogens with one attached hydrogen (secondary N) is 1. The van der Waals surface area contributed by atoms with Crippen molar-refractivity contribution in [3.8, 4) is 0 Å². The minimum absolute atomic E-state index is 0.0625. The summed E-state index contributed by atoms with van der Waals surface area (Å²) in [5.74, 6) is 0. The quantitative estimate of drug-likeness (QED) is 0.868. The van der Waals surface area contributed by atoms with Crippen LogP contribution in [0.25, 0.3) is 0 Å². The number of aryl methyl sites for hydroxylation is 1. The second-order valence-electron chi connectivity index (χ2n) is 5.06. The van der Waals surface area contributed by atoms with E-state index in [2.05, 4.69) is 4.72 Å². The maximum Gasteiger partial charge on any atom is 0.241 e. The molecule has 1 fully saturated rings. The van der Waals surface area contributed by atoms with Crippen LogP contribution in [0.3, 0.4) is 0 Å². The van der Waals surface area contributed by atoms with E-state index in [1.54, 1.807) is 18.2 Å². The molecule has 0 amide bonds. The second kappa shape index (κ2) is 6.03. The number of hydrogen-bond donors (Lipinski definition) is 2. The normalized spacial score (nSPS) is 16.9. The third-order valence-electron chi connectivity index (χ3n) is 3.66. The lowest BCUT2D eigenvalue weighted by Crippen LogP contribution is -2.33. The Kier molecular flexibility index (Phi) is 4.60. The Balaban J connectivity index is 2.32. The first kappa shape index (κ1) is 14.5. The number of sulfonamides is 1. The van der Waals surface area contributed by atoms with Gasteiger partial charge in [-0.3, -0.25) is 0 Å². The van der Waals surface area contributed by atoms with Gasteiger partial charge in [-0.2, -0.15) is 0 Å². The Hall–Kier alpha value is -0.910. The van der Waals surface area contributed by atoms with E-state index in [1.807, 2.05) is 6.92 Å². The van der Waals surface area contributed by atoms with Crippen LogP contribution in [0.15, 0.2) is 23.1 Å². The van der Waals surface area contributed by atoms with E-state index >= 15 is 0 Å². The van der Waals surface area contributed by atoms with Gasteiger partial charge in [0.1, 0.15) is 0 Å². The van der Waals surface area contributed by atoms with Gasteiger partial charge in [-0.15, -0.1) is 0 Å². The highest BCUT2D eigenvalue weighted by Crippen LogP contribution is 2.23. The smallest absolute Gasteiger partial charge is 0.241 e. The first-order chi connectivity index (χ1) is 9.06. The van der Waals surface area contributed by atoms with Crippen molar-refractivity contribution in [2.45, 2.75) is 56.6 Å². The van der Waals surface area contributed by atoms with E-state index in [1.165, 1.54) is 0 Å². The lowest BCUT2D eigenvalue weighted by Gasteiger charge is -2.15. The molecule has 19 heavy (non-hydrogen) atoms. The monoisotopic (exact) mass is 283 g/mol. The molecular formula is C14H21NO3S. The van der Waals surface area contributed by atoms with Crippen molar-refractivity contribution in [3.05, 3.63) is 29.3 Å². The predicted octanol–water partition coefficient (Wildman–Crippen LogP) is 1.96. The van der Waals surface area contributed by atoms with Crippen LogP contribution in [-0.2, 0) is 23.1 Å². The van der Waals surface area contributed by atoms with Crippen molar-refractivity contribution in [2.75, 3.05) is 0 Å². The fourth-order valence-electron chi connectivity index (χ4n) is 2.57. The molecule has 0 bridgehead atoms. The maximum absolute atomic E-state index is 12.4. The molecule has 0 atom stereocenters. The number of aliphatic hydroxyl groups excluding tert-OH is 1. The van der Waals surface area contributed by atoms with Crippen LogP contribution in [0.4, 0.5) is 0 Å². The highest BCUT2D eigenvalue weighted by molar-refractivity contribution is 7.89. The van der Waals surface area contributed by atoms with E-state index < -0.39 is 10.0 Å². The number of benzene rings is 1. The van der Waals surface area contributed by atoms with Crippen LogP contribution in [0.5, 0.6) is 0 Å². The van der Waals surface area contributed by atoms with Gasteiger partial charge in [0.05, 0.1) is 11.5 Å². The summed E-state index contributed by atoms with van der Waals surface area (Å²) in [6.07, 6.45) is 4.67. The summed E-state index contributed by atoms with van der Waals surface area (Å²) >= 11 is 0. The summed E-state index contributed by atoms with van der Waals surface area (Å²) in [7, 11) is -3.48. The zero-order valence-electron chi connectivity index (χ0n) is 11.2. The van der Waals surface area contributed by atoms with Crippen LogP contribution in [0, 0.1) is 0 Å². The summed E-state index contributed by atoms with van der Waals surface area (Å²) in [6, 6.07) is 5.20. The van der Waals surface area contributed by atoms with Crippen molar-refractivity contribution < 1.29 is 13.5 Å². The van der Waals surface area contributed by atoms with Crippen LogP contribution < -0.4 is 4.72 Å². The Morgan fingerprint density at radius 3 is 2.58 bits per heavy atom. The minimum atomic E-state index is -3.48. The SMILES string of the molecule is CCc1ccc(CO)cc1S(=O)(=O)NC1CCCC1. The molecule has 1 aliphatic carbocycles. The summed E-state index contributed by atoms with van der Waals surface area (Å²) in [6.45, 7) is 1.79. The molecule has 0 aliphatic heterocycles. The van der Waals surface area contributed by atoms with Crippen molar-refractivity contribution in [3.63, 3.8) is 0 Å². The highest BCUT2D eigenvalue weighted by Gasteiger charge is 2.24. The molecule has 0 aromatic heterocycles. The van der Waals surface area contributed by atoms with Gasteiger partial charge in [-0.1, -0.05) is 31.9 Å². The molecule has 2 rings (SSSR count). The fourth-order valence-corrected chi connectivity index (χ4v) is 4.23. The first-order valence-electron chi connectivity index (χ1n) is 6.82. The fraction of sp³-hybridized carbons (Fsp3) is 0.571. The molecule has 5 heteroatoms. The third-order valence-corrected chi connectivity index (χ3v) is 5.26. The number of rotatable bonds is 5. The van der Waals surface area contributed by atoms with Gasteiger partial charge in [0, 0.05) is 6.04 Å². The van der Waals surface area contributed by atoms with Crippen molar-refractivity contribution >= 4 is 10.0 Å². The summed E-state index contributed by atoms with van der Waals surface area (Å²) in [5.41, 5.74) is 1.42. The van der Waals surface area contributed by atoms with Gasteiger partial charge in [-0.25, -0.2) is 13.1 Å². The average Bonchev–Trinajstić information content (AvgIpc) is 2.90. The Morgan fingerprint density at radius 2 is 2.00 bits per heavy atom. The molecule has 4 nitrogen and oxygen atoms in total. The third kappa shape index (κ3) is 3.35. The molecule has 0 unspecified atom stereocenters. The topological polar surface area (TPSA) is 66.4 Å². The van der Waals surface area contributed by atoms with Gasteiger partial charge in [-0.05, 0) is 36.5 Å². The zero-order chi connectivity index (χ0) is 13.9. The zero-order valence-corrected chi connectivity index (χ0v) is 12.0. The predicted molar refractivity (Wildman–Crippen MR) is 74.3 cm³/mol. The molecular weight excluding hydrogens is 262 g/mol. The molecule has 1 saturated carbocycles. The van der Waals surface area contributed by atoms with Crippen LogP contribution in [-0.4, -0.2) is 19.6 Å².